The fourth-order valence-electron chi connectivity index (χ4n) is 3.74. The fourth-order valence-corrected chi connectivity index (χ4v) is 3.74. The first-order chi connectivity index (χ1) is 9.76. The Labute approximate surface area is 129 Å². The van der Waals surface area contributed by atoms with E-state index in [1.165, 1.54) is 0 Å². The molecule has 0 aliphatic carbocycles. The van der Waals surface area contributed by atoms with E-state index >= 15 is 0 Å². The summed E-state index contributed by atoms with van der Waals surface area (Å²) in [7, 11) is 0. The fraction of sp³-hybridized carbons (Fsp3) is 0.889. The third-order valence-electron chi connectivity index (χ3n) is 4.88. The number of cyclic esters (lactones) is 1. The van der Waals surface area contributed by atoms with Crippen molar-refractivity contribution in [3.63, 3.8) is 0 Å². The summed E-state index contributed by atoms with van der Waals surface area (Å²) in [6, 6.07) is 0. The maximum atomic E-state index is 12.6. The molecule has 1 fully saturated rings. The lowest BCUT2D eigenvalue weighted by molar-refractivity contribution is -0.159. The van der Waals surface area contributed by atoms with Gasteiger partial charge in [0.1, 0.15) is 11.9 Å². The number of carbonyl (C=O) groups is 2. The second kappa shape index (κ2) is 7.95. The minimum atomic E-state index is -0.278. The Morgan fingerprint density at radius 3 is 1.95 bits per heavy atom. The maximum absolute atomic E-state index is 12.6. The van der Waals surface area contributed by atoms with Gasteiger partial charge >= 0.3 is 5.97 Å². The Morgan fingerprint density at radius 1 is 0.905 bits per heavy atom. The molecule has 4 unspecified atom stereocenters. The summed E-state index contributed by atoms with van der Waals surface area (Å²) in [6.07, 6.45) is 3.30. The molecule has 0 amide bonds. The van der Waals surface area contributed by atoms with Gasteiger partial charge in [0.25, 0.3) is 0 Å². The van der Waals surface area contributed by atoms with E-state index in [4.69, 9.17) is 4.74 Å². The topological polar surface area (TPSA) is 43.4 Å². The van der Waals surface area contributed by atoms with Gasteiger partial charge < -0.3 is 4.74 Å². The lowest BCUT2D eigenvalue weighted by Gasteiger charge is -2.29. The molecule has 6 atom stereocenters. The predicted octanol–water partition coefficient (Wildman–Crippen LogP) is 4.24. The van der Waals surface area contributed by atoms with E-state index in [1.807, 2.05) is 27.7 Å². The Morgan fingerprint density at radius 2 is 1.43 bits per heavy atom. The first kappa shape index (κ1) is 18.2. The molecule has 0 N–H and O–H groups in total. The molecule has 3 heteroatoms. The zero-order valence-corrected chi connectivity index (χ0v) is 14.5. The quantitative estimate of drug-likeness (QED) is 0.680. The molecule has 21 heavy (non-hydrogen) atoms. The summed E-state index contributed by atoms with van der Waals surface area (Å²) in [5.74, 6) is 0.865. The largest absolute Gasteiger partial charge is 0.461 e. The second-order valence-corrected chi connectivity index (χ2v) is 7.29. The van der Waals surface area contributed by atoms with E-state index < -0.39 is 0 Å². The molecule has 1 aliphatic rings. The van der Waals surface area contributed by atoms with Crippen LogP contribution >= 0.6 is 0 Å². The molecule has 0 aromatic rings. The van der Waals surface area contributed by atoms with Crippen LogP contribution < -0.4 is 0 Å². The van der Waals surface area contributed by atoms with Crippen LogP contribution in [0.5, 0.6) is 0 Å². The number of ether oxygens (including phenoxy) is 1. The van der Waals surface area contributed by atoms with Gasteiger partial charge in [0, 0.05) is 5.92 Å². The number of hydrogen-bond donors (Lipinski definition) is 0. The molecule has 0 saturated carbocycles. The standard InChI is InChI=1S/C18H32O3/c1-7-16-15(6)17(19)13(4)9-11(2)8-12(3)10-14(5)18(20)21-16/h11-16H,7-10H2,1-6H3/t11-,12-,13?,14?,15?,16?/m1/s1. The zero-order chi connectivity index (χ0) is 16.2. The van der Waals surface area contributed by atoms with E-state index in [-0.39, 0.29) is 35.6 Å². The van der Waals surface area contributed by atoms with E-state index in [2.05, 4.69) is 13.8 Å². The highest BCUT2D eigenvalue weighted by Gasteiger charge is 2.32. The summed E-state index contributed by atoms with van der Waals surface area (Å²) in [6.45, 7) is 12.3. The molecule has 1 saturated heterocycles. The SMILES string of the molecule is CCC1OC(=O)C(C)C[C@H](C)C[C@@H](C)CC(C)C(=O)C1C. The van der Waals surface area contributed by atoms with Crippen molar-refractivity contribution in [3.8, 4) is 0 Å². The van der Waals surface area contributed by atoms with Crippen LogP contribution in [0, 0.1) is 29.6 Å². The van der Waals surface area contributed by atoms with Crippen LogP contribution in [0.1, 0.15) is 67.2 Å². The van der Waals surface area contributed by atoms with Gasteiger partial charge in [0.05, 0.1) is 11.8 Å². The summed E-state index contributed by atoms with van der Waals surface area (Å²) < 4.78 is 5.63. The van der Waals surface area contributed by atoms with E-state index in [0.717, 1.165) is 19.3 Å². The van der Waals surface area contributed by atoms with Gasteiger partial charge in [0.15, 0.2) is 0 Å². The highest BCUT2D eigenvalue weighted by Crippen LogP contribution is 2.29. The number of Topliss-reactive ketones (excluding diaryl/α,β-unsaturated/α-hetero) is 1. The van der Waals surface area contributed by atoms with E-state index in [0.29, 0.717) is 18.3 Å². The molecule has 0 aromatic carbocycles. The number of esters is 1. The number of carbonyl (C=O) groups excluding carboxylic acids is 2. The molecule has 122 valence electrons. The molecular weight excluding hydrogens is 264 g/mol. The van der Waals surface area contributed by atoms with E-state index in [9.17, 15) is 9.59 Å². The van der Waals surface area contributed by atoms with E-state index in [1.54, 1.807) is 0 Å². The molecule has 0 radical (unpaired) electrons. The Kier molecular flexibility index (Phi) is 6.89. The van der Waals surface area contributed by atoms with Gasteiger partial charge in [-0.1, -0.05) is 41.5 Å². The molecule has 0 bridgehead atoms. The second-order valence-electron chi connectivity index (χ2n) is 7.29. The molecule has 1 aliphatic heterocycles. The van der Waals surface area contributed by atoms with Crippen LogP contribution in [0.4, 0.5) is 0 Å². The van der Waals surface area contributed by atoms with Crippen molar-refractivity contribution in [1.82, 2.24) is 0 Å². The third-order valence-corrected chi connectivity index (χ3v) is 4.88. The minimum Gasteiger partial charge on any atom is -0.461 e. The van der Waals surface area contributed by atoms with Crippen LogP contribution in [-0.2, 0) is 14.3 Å². The first-order valence-electron chi connectivity index (χ1n) is 8.50. The van der Waals surface area contributed by atoms with Crippen LogP contribution in [0.2, 0.25) is 0 Å². The normalized spacial score (nSPS) is 40.1. The zero-order valence-electron chi connectivity index (χ0n) is 14.5. The summed E-state index contributed by atoms with van der Waals surface area (Å²) in [5, 5.41) is 0. The smallest absolute Gasteiger partial charge is 0.308 e. The number of rotatable bonds is 1. The van der Waals surface area contributed by atoms with Crippen LogP contribution in [0.25, 0.3) is 0 Å². The lowest BCUT2D eigenvalue weighted by Crippen LogP contribution is -2.35. The molecular formula is C18H32O3. The molecule has 3 nitrogen and oxygen atoms in total. The Bertz CT molecular complexity index is 363. The minimum absolute atomic E-state index is 0.0480. The first-order valence-corrected chi connectivity index (χ1v) is 8.50. The highest BCUT2D eigenvalue weighted by atomic mass is 16.5. The summed E-state index contributed by atoms with van der Waals surface area (Å²) in [4.78, 5) is 24.8. The van der Waals surface area contributed by atoms with Crippen molar-refractivity contribution in [2.45, 2.75) is 73.3 Å². The molecule has 1 rings (SSSR count). The number of hydrogen-bond acceptors (Lipinski definition) is 3. The van der Waals surface area contributed by atoms with Crippen molar-refractivity contribution < 1.29 is 14.3 Å². The van der Waals surface area contributed by atoms with Crippen molar-refractivity contribution >= 4 is 11.8 Å². The van der Waals surface area contributed by atoms with Gasteiger partial charge in [-0.3, -0.25) is 9.59 Å². The average molecular weight is 296 g/mol. The van der Waals surface area contributed by atoms with Crippen molar-refractivity contribution in [2.24, 2.45) is 29.6 Å². The van der Waals surface area contributed by atoms with Gasteiger partial charge in [-0.25, -0.2) is 0 Å². The number of ketones is 1. The van der Waals surface area contributed by atoms with Crippen molar-refractivity contribution in [3.05, 3.63) is 0 Å². The van der Waals surface area contributed by atoms with Crippen molar-refractivity contribution in [2.75, 3.05) is 0 Å². The average Bonchev–Trinajstić information content (AvgIpc) is 2.41. The van der Waals surface area contributed by atoms with Crippen LogP contribution in [-0.4, -0.2) is 17.9 Å². The molecule has 0 spiro atoms. The maximum Gasteiger partial charge on any atom is 0.308 e. The lowest BCUT2D eigenvalue weighted by atomic mass is 9.81. The molecule has 0 aromatic heterocycles. The van der Waals surface area contributed by atoms with Crippen LogP contribution in [0.3, 0.4) is 0 Å². The summed E-state index contributed by atoms with van der Waals surface area (Å²) >= 11 is 0. The Balaban J connectivity index is 2.94. The summed E-state index contributed by atoms with van der Waals surface area (Å²) in [5.41, 5.74) is 0. The predicted molar refractivity (Wildman–Crippen MR) is 84.8 cm³/mol. The Hall–Kier alpha value is -0.860. The monoisotopic (exact) mass is 296 g/mol. The van der Waals surface area contributed by atoms with Gasteiger partial charge in [0.2, 0.25) is 0 Å². The van der Waals surface area contributed by atoms with Crippen LogP contribution in [0.15, 0.2) is 0 Å². The highest BCUT2D eigenvalue weighted by molar-refractivity contribution is 5.83. The van der Waals surface area contributed by atoms with Crippen molar-refractivity contribution in [1.29, 1.82) is 0 Å². The molecule has 1 heterocycles. The van der Waals surface area contributed by atoms with Gasteiger partial charge in [-0.2, -0.15) is 0 Å². The third kappa shape index (κ3) is 5.12. The van der Waals surface area contributed by atoms with Gasteiger partial charge in [-0.05, 0) is 37.5 Å². The van der Waals surface area contributed by atoms with Gasteiger partial charge in [-0.15, -0.1) is 0 Å².